The van der Waals surface area contributed by atoms with Crippen molar-refractivity contribution in [1.82, 2.24) is 5.32 Å². The van der Waals surface area contributed by atoms with E-state index in [2.05, 4.69) is 19.2 Å². The summed E-state index contributed by atoms with van der Waals surface area (Å²) < 4.78 is 0. The number of aryl methyl sites for hydroxylation is 1. The van der Waals surface area contributed by atoms with Gasteiger partial charge in [-0.2, -0.15) is 0 Å². The number of hydrogen-bond donors (Lipinski definition) is 2. The fourth-order valence-electron chi connectivity index (χ4n) is 3.55. The molecule has 1 aromatic carbocycles. The number of nitrogens with zero attached hydrogens (tertiary/aromatic N) is 1. The molecule has 1 saturated carbocycles. The summed E-state index contributed by atoms with van der Waals surface area (Å²) in [5, 5.41) is 24.5. The van der Waals surface area contributed by atoms with Crippen LogP contribution in [0, 0.1) is 22.5 Å². The van der Waals surface area contributed by atoms with Crippen LogP contribution in [0.2, 0.25) is 0 Å². The van der Waals surface area contributed by atoms with Crippen LogP contribution in [0.25, 0.3) is 0 Å². The summed E-state index contributed by atoms with van der Waals surface area (Å²) in [6.07, 6.45) is 3.19. The van der Waals surface area contributed by atoms with Crippen LogP contribution in [0.5, 0.6) is 0 Å². The summed E-state index contributed by atoms with van der Waals surface area (Å²) >= 11 is 0. The summed E-state index contributed by atoms with van der Waals surface area (Å²) in [5.41, 5.74) is -0.511. The van der Waals surface area contributed by atoms with E-state index < -0.39 is 16.4 Å². The fourth-order valence-corrected chi connectivity index (χ4v) is 3.55. The molecule has 0 aliphatic heterocycles. The smallest absolute Gasteiger partial charge is 0.282 e. The number of amides is 1. The highest BCUT2D eigenvalue weighted by atomic mass is 16.6. The number of nitrogens with one attached hydrogen (secondary N) is 1. The highest BCUT2D eigenvalue weighted by molar-refractivity contribution is 5.99. The first kappa shape index (κ1) is 17.4. The summed E-state index contributed by atoms with van der Waals surface area (Å²) in [5.74, 6) is -0.508. The molecule has 0 saturated heterocycles. The van der Waals surface area contributed by atoms with E-state index >= 15 is 0 Å². The number of nitro benzene ring substituents is 1. The highest BCUT2D eigenvalue weighted by Crippen LogP contribution is 2.40. The molecule has 0 bridgehead atoms. The van der Waals surface area contributed by atoms with Crippen LogP contribution in [-0.4, -0.2) is 28.1 Å². The molecule has 0 aromatic heterocycles. The number of hydrogen-bond acceptors (Lipinski definition) is 4. The van der Waals surface area contributed by atoms with Crippen molar-refractivity contribution in [2.24, 2.45) is 5.41 Å². The Hall–Kier alpha value is -1.95. The maximum absolute atomic E-state index is 12.4. The van der Waals surface area contributed by atoms with Crippen molar-refractivity contribution in [2.45, 2.75) is 52.1 Å². The molecule has 6 nitrogen and oxygen atoms in total. The van der Waals surface area contributed by atoms with Crippen molar-refractivity contribution in [3.05, 3.63) is 39.4 Å². The van der Waals surface area contributed by atoms with Crippen molar-refractivity contribution >= 4 is 11.6 Å². The number of carbonyl (C=O) groups excluding carboxylic acids is 1. The average molecular weight is 320 g/mol. The van der Waals surface area contributed by atoms with Gasteiger partial charge in [-0.05, 0) is 43.6 Å². The molecule has 1 aliphatic rings. The SMILES string of the molecule is Cc1cccc([N+](=O)[O-])c1C(=O)NC[C@]1(O)CCCC(C)(C)C1. The summed E-state index contributed by atoms with van der Waals surface area (Å²) in [6, 6.07) is 4.54. The molecule has 1 aromatic rings. The van der Waals surface area contributed by atoms with Gasteiger partial charge in [-0.3, -0.25) is 14.9 Å². The van der Waals surface area contributed by atoms with Crippen LogP contribution in [0.1, 0.15) is 55.5 Å². The minimum atomic E-state index is -0.950. The van der Waals surface area contributed by atoms with E-state index in [1.807, 2.05) is 0 Å². The summed E-state index contributed by atoms with van der Waals surface area (Å²) in [7, 11) is 0. The van der Waals surface area contributed by atoms with Gasteiger partial charge in [-0.25, -0.2) is 0 Å². The molecule has 1 fully saturated rings. The summed E-state index contributed by atoms with van der Waals surface area (Å²) in [4.78, 5) is 23.0. The van der Waals surface area contributed by atoms with E-state index in [1.54, 1.807) is 19.1 Å². The highest BCUT2D eigenvalue weighted by Gasteiger charge is 2.38. The van der Waals surface area contributed by atoms with Gasteiger partial charge in [-0.1, -0.05) is 26.0 Å². The van der Waals surface area contributed by atoms with Crippen molar-refractivity contribution in [3.63, 3.8) is 0 Å². The molecule has 0 heterocycles. The lowest BCUT2D eigenvalue weighted by Gasteiger charge is -2.41. The topological polar surface area (TPSA) is 92.5 Å². The zero-order valence-corrected chi connectivity index (χ0v) is 13.9. The van der Waals surface area contributed by atoms with Crippen molar-refractivity contribution in [3.8, 4) is 0 Å². The van der Waals surface area contributed by atoms with E-state index in [0.29, 0.717) is 18.4 Å². The molecular formula is C17H24N2O4. The van der Waals surface area contributed by atoms with Gasteiger partial charge in [0.15, 0.2) is 0 Å². The lowest BCUT2D eigenvalue weighted by Crippen LogP contribution is -2.48. The fraction of sp³-hybridized carbons (Fsp3) is 0.588. The quantitative estimate of drug-likeness (QED) is 0.659. The third-order valence-electron chi connectivity index (χ3n) is 4.56. The molecule has 126 valence electrons. The van der Waals surface area contributed by atoms with Gasteiger partial charge in [0.2, 0.25) is 0 Å². The Kier molecular flexibility index (Phi) is 4.75. The lowest BCUT2D eigenvalue weighted by atomic mass is 9.70. The number of nitro groups is 1. The second-order valence-corrected chi connectivity index (χ2v) is 7.33. The first-order valence-corrected chi connectivity index (χ1v) is 7.88. The number of rotatable bonds is 4. The van der Waals surface area contributed by atoms with Gasteiger partial charge in [0, 0.05) is 12.6 Å². The van der Waals surface area contributed by atoms with Crippen molar-refractivity contribution < 1.29 is 14.8 Å². The molecule has 0 unspecified atom stereocenters. The van der Waals surface area contributed by atoms with Crippen LogP contribution in [0.3, 0.4) is 0 Å². The van der Waals surface area contributed by atoms with E-state index in [0.717, 1.165) is 12.8 Å². The predicted molar refractivity (Wildman–Crippen MR) is 87.4 cm³/mol. The van der Waals surface area contributed by atoms with Gasteiger partial charge >= 0.3 is 0 Å². The van der Waals surface area contributed by atoms with Gasteiger partial charge < -0.3 is 10.4 Å². The average Bonchev–Trinajstić information content (AvgIpc) is 2.43. The van der Waals surface area contributed by atoms with Crippen LogP contribution in [0.15, 0.2) is 18.2 Å². The molecule has 1 aliphatic carbocycles. The van der Waals surface area contributed by atoms with Crippen LogP contribution >= 0.6 is 0 Å². The number of carbonyl (C=O) groups is 1. The van der Waals surface area contributed by atoms with Gasteiger partial charge in [0.25, 0.3) is 11.6 Å². The molecule has 23 heavy (non-hydrogen) atoms. The maximum atomic E-state index is 12.4. The largest absolute Gasteiger partial charge is 0.388 e. The van der Waals surface area contributed by atoms with Crippen LogP contribution in [-0.2, 0) is 0 Å². The molecule has 1 amide bonds. The molecule has 2 rings (SSSR count). The third-order valence-corrected chi connectivity index (χ3v) is 4.56. The second-order valence-electron chi connectivity index (χ2n) is 7.33. The minimum Gasteiger partial charge on any atom is -0.388 e. The Morgan fingerprint density at radius 2 is 2.09 bits per heavy atom. The van der Waals surface area contributed by atoms with Gasteiger partial charge in [0.05, 0.1) is 10.5 Å². The van der Waals surface area contributed by atoms with E-state index in [-0.39, 0.29) is 23.2 Å². The van der Waals surface area contributed by atoms with Crippen molar-refractivity contribution in [1.29, 1.82) is 0 Å². The Morgan fingerprint density at radius 3 is 2.70 bits per heavy atom. The van der Waals surface area contributed by atoms with E-state index in [4.69, 9.17) is 0 Å². The number of benzene rings is 1. The molecule has 0 radical (unpaired) electrons. The van der Waals surface area contributed by atoms with Crippen molar-refractivity contribution in [2.75, 3.05) is 6.54 Å². The monoisotopic (exact) mass is 320 g/mol. The Labute approximate surface area is 136 Å². The normalized spacial score (nSPS) is 23.3. The first-order valence-electron chi connectivity index (χ1n) is 7.88. The first-order chi connectivity index (χ1) is 10.6. The molecule has 2 N–H and O–H groups in total. The minimum absolute atomic E-state index is 0.0341. The Balaban J connectivity index is 2.13. The standard InChI is InChI=1S/C17H24N2O4/c1-12-6-4-7-13(19(22)23)14(12)15(20)18-11-17(21)9-5-8-16(2,3)10-17/h4,6-7,21H,5,8-11H2,1-3H3,(H,18,20)/t17-/m0/s1. The van der Waals surface area contributed by atoms with E-state index in [9.17, 15) is 20.0 Å². The van der Waals surface area contributed by atoms with Crippen LogP contribution < -0.4 is 5.32 Å². The van der Waals surface area contributed by atoms with Gasteiger partial charge in [0.1, 0.15) is 5.56 Å². The Morgan fingerprint density at radius 1 is 1.39 bits per heavy atom. The summed E-state index contributed by atoms with van der Waals surface area (Å²) in [6.45, 7) is 5.98. The zero-order valence-electron chi connectivity index (χ0n) is 13.9. The molecule has 0 spiro atoms. The molecule has 6 heteroatoms. The third kappa shape index (κ3) is 4.07. The van der Waals surface area contributed by atoms with E-state index in [1.165, 1.54) is 6.07 Å². The predicted octanol–water partition coefficient (Wildman–Crippen LogP) is 2.96. The zero-order chi connectivity index (χ0) is 17.3. The van der Waals surface area contributed by atoms with Gasteiger partial charge in [-0.15, -0.1) is 0 Å². The molecule has 1 atom stereocenters. The number of aliphatic hydroxyl groups is 1. The Bertz CT molecular complexity index is 627. The maximum Gasteiger partial charge on any atom is 0.282 e. The molecular weight excluding hydrogens is 296 g/mol. The lowest BCUT2D eigenvalue weighted by molar-refractivity contribution is -0.385. The second kappa shape index (κ2) is 6.28. The van der Waals surface area contributed by atoms with Crippen LogP contribution in [0.4, 0.5) is 5.69 Å².